The summed E-state index contributed by atoms with van der Waals surface area (Å²) in [7, 11) is -1.73. The molecule has 0 radical (unpaired) electrons. The van der Waals surface area contributed by atoms with Crippen LogP contribution in [0.25, 0.3) is 22.0 Å². The van der Waals surface area contributed by atoms with Gasteiger partial charge >= 0.3 is 0 Å². The number of likely N-dealkylation sites (N-methyl/N-ethyl adjacent to an activating group) is 1. The van der Waals surface area contributed by atoms with Gasteiger partial charge in [0.05, 0.1) is 12.3 Å². The van der Waals surface area contributed by atoms with Crippen molar-refractivity contribution in [2.75, 3.05) is 50.8 Å². The second-order valence-electron chi connectivity index (χ2n) is 10.6. The Balaban J connectivity index is 1.43. The van der Waals surface area contributed by atoms with Crippen molar-refractivity contribution in [2.24, 2.45) is 0 Å². The zero-order valence-corrected chi connectivity index (χ0v) is 23.4. The number of pyridine rings is 1. The average molecular weight is 498 g/mol. The largest absolute Gasteiger partial charge is 0.491 e. The molecule has 1 aliphatic rings. The maximum Gasteiger partial charge on any atom is 0.192 e. The van der Waals surface area contributed by atoms with Gasteiger partial charge in [0.15, 0.2) is 8.32 Å². The highest BCUT2D eigenvalue weighted by molar-refractivity contribution is 7.09. The van der Waals surface area contributed by atoms with E-state index in [0.717, 1.165) is 55.5 Å². The highest BCUT2D eigenvalue weighted by Crippen LogP contribution is 2.36. The SMILES string of the molecule is CCN1CCN(c2nc(-c3ccc(OCCO[Si](C)(C)C(C)(C)C)cc3)cc3cscc23)CC1. The van der Waals surface area contributed by atoms with Gasteiger partial charge < -0.3 is 19.0 Å². The number of hydrogen-bond acceptors (Lipinski definition) is 6. The second-order valence-corrected chi connectivity index (χ2v) is 16.2. The molecule has 4 rings (SSSR count). The third-order valence-electron chi connectivity index (χ3n) is 7.34. The molecule has 0 N–H and O–H groups in total. The minimum atomic E-state index is -1.73. The van der Waals surface area contributed by atoms with Crippen molar-refractivity contribution >= 4 is 36.2 Å². The van der Waals surface area contributed by atoms with Crippen molar-refractivity contribution in [1.29, 1.82) is 0 Å². The first-order chi connectivity index (χ1) is 16.2. The van der Waals surface area contributed by atoms with Crippen molar-refractivity contribution in [3.8, 4) is 17.0 Å². The third kappa shape index (κ3) is 5.65. The van der Waals surface area contributed by atoms with E-state index in [2.05, 4.69) is 79.5 Å². The smallest absolute Gasteiger partial charge is 0.192 e. The predicted octanol–water partition coefficient (Wildman–Crippen LogP) is 6.51. The standard InChI is InChI=1S/C27H39N3O2SSi/c1-7-29-12-14-30(15-13-29)26-24-20-33-19-22(24)18-25(28-26)21-8-10-23(11-9-21)31-16-17-32-34(5,6)27(2,3)4/h8-11,18-20H,7,12-17H2,1-6H3. The zero-order chi connectivity index (χ0) is 24.3. The lowest BCUT2D eigenvalue weighted by molar-refractivity contribution is 0.203. The van der Waals surface area contributed by atoms with Crippen LogP contribution in [0.5, 0.6) is 5.75 Å². The van der Waals surface area contributed by atoms with E-state index in [1.54, 1.807) is 11.3 Å². The topological polar surface area (TPSA) is 37.8 Å². The molecule has 1 aromatic carbocycles. The minimum absolute atomic E-state index is 0.216. The van der Waals surface area contributed by atoms with Crippen LogP contribution in [0.15, 0.2) is 41.1 Å². The molecule has 7 heteroatoms. The van der Waals surface area contributed by atoms with Gasteiger partial charge in [-0.15, -0.1) is 0 Å². The second kappa shape index (κ2) is 10.4. The number of thiophene rings is 1. The molecule has 0 saturated carbocycles. The van der Waals surface area contributed by atoms with E-state index in [1.807, 2.05) is 12.1 Å². The lowest BCUT2D eigenvalue weighted by Gasteiger charge is -2.36. The Labute approximate surface area is 209 Å². The van der Waals surface area contributed by atoms with Crippen molar-refractivity contribution in [2.45, 2.75) is 45.8 Å². The molecule has 184 valence electrons. The van der Waals surface area contributed by atoms with E-state index in [0.29, 0.717) is 13.2 Å². The van der Waals surface area contributed by atoms with E-state index < -0.39 is 8.32 Å². The number of rotatable bonds is 8. The molecule has 34 heavy (non-hydrogen) atoms. The molecule has 0 amide bonds. The number of nitrogens with zero attached hydrogens (tertiary/aromatic N) is 3. The zero-order valence-electron chi connectivity index (χ0n) is 21.6. The average Bonchev–Trinajstić information content (AvgIpc) is 3.30. The quantitative estimate of drug-likeness (QED) is 0.262. The monoisotopic (exact) mass is 497 g/mol. The highest BCUT2D eigenvalue weighted by Gasteiger charge is 2.36. The molecule has 0 atom stereocenters. The third-order valence-corrected chi connectivity index (χ3v) is 12.6. The fourth-order valence-corrected chi connectivity index (χ4v) is 5.83. The predicted molar refractivity (Wildman–Crippen MR) is 148 cm³/mol. The molecular weight excluding hydrogens is 458 g/mol. The fraction of sp³-hybridized carbons (Fsp3) is 0.519. The number of benzene rings is 1. The van der Waals surface area contributed by atoms with Gasteiger partial charge in [0.1, 0.15) is 18.2 Å². The van der Waals surface area contributed by atoms with Crippen molar-refractivity contribution in [3.05, 3.63) is 41.1 Å². The van der Waals surface area contributed by atoms with Crippen LogP contribution < -0.4 is 9.64 Å². The molecule has 3 heterocycles. The highest BCUT2D eigenvalue weighted by atomic mass is 32.1. The molecule has 3 aromatic rings. The van der Waals surface area contributed by atoms with E-state index in [1.165, 1.54) is 10.8 Å². The number of aromatic nitrogens is 1. The van der Waals surface area contributed by atoms with Crippen LogP contribution in [0, 0.1) is 0 Å². The van der Waals surface area contributed by atoms with E-state index in [-0.39, 0.29) is 5.04 Å². The summed E-state index contributed by atoms with van der Waals surface area (Å²) in [4.78, 5) is 10.1. The lowest BCUT2D eigenvalue weighted by atomic mass is 10.1. The van der Waals surface area contributed by atoms with Gasteiger partial charge in [-0.1, -0.05) is 27.7 Å². The summed E-state index contributed by atoms with van der Waals surface area (Å²) in [5.74, 6) is 1.99. The maximum atomic E-state index is 6.22. The van der Waals surface area contributed by atoms with Crippen LogP contribution in [0.1, 0.15) is 27.7 Å². The Hall–Kier alpha value is -1.93. The molecule has 1 aliphatic heterocycles. The molecular formula is C27H39N3O2SSi. The molecule has 0 spiro atoms. The van der Waals surface area contributed by atoms with Crippen molar-refractivity contribution < 1.29 is 9.16 Å². The van der Waals surface area contributed by atoms with Gasteiger partial charge in [-0.05, 0) is 65.8 Å². The van der Waals surface area contributed by atoms with Gasteiger partial charge in [0, 0.05) is 42.5 Å². The van der Waals surface area contributed by atoms with Gasteiger partial charge in [0.2, 0.25) is 0 Å². The number of ether oxygens (including phenoxy) is 1. The lowest BCUT2D eigenvalue weighted by Crippen LogP contribution is -2.46. The summed E-state index contributed by atoms with van der Waals surface area (Å²) in [6.45, 7) is 20.1. The van der Waals surface area contributed by atoms with Crippen molar-refractivity contribution in [3.63, 3.8) is 0 Å². The summed E-state index contributed by atoms with van der Waals surface area (Å²) in [5.41, 5.74) is 2.14. The number of piperazine rings is 1. The molecule has 2 aromatic heterocycles. The number of fused-ring (bicyclic) bond motifs is 1. The minimum Gasteiger partial charge on any atom is -0.491 e. The first kappa shape index (κ1) is 25.2. The Morgan fingerprint density at radius 2 is 1.71 bits per heavy atom. The van der Waals surface area contributed by atoms with Crippen LogP contribution in [-0.2, 0) is 4.43 Å². The molecule has 0 bridgehead atoms. The van der Waals surface area contributed by atoms with E-state index in [9.17, 15) is 0 Å². The molecule has 0 aliphatic carbocycles. The molecule has 0 unspecified atom stereocenters. The van der Waals surface area contributed by atoms with Crippen LogP contribution >= 0.6 is 11.3 Å². The number of anilines is 1. The first-order valence-electron chi connectivity index (χ1n) is 12.4. The molecule has 1 saturated heterocycles. The van der Waals surface area contributed by atoms with Crippen LogP contribution in [0.4, 0.5) is 5.82 Å². The summed E-state index contributed by atoms with van der Waals surface area (Å²) in [6, 6.07) is 10.5. The Morgan fingerprint density at radius 3 is 2.35 bits per heavy atom. The first-order valence-corrected chi connectivity index (χ1v) is 16.2. The van der Waals surface area contributed by atoms with Crippen LogP contribution in [0.2, 0.25) is 18.1 Å². The Morgan fingerprint density at radius 1 is 1.00 bits per heavy atom. The fourth-order valence-electron chi connectivity index (χ4n) is 4.01. The van der Waals surface area contributed by atoms with Gasteiger partial charge in [-0.2, -0.15) is 11.3 Å². The summed E-state index contributed by atoms with van der Waals surface area (Å²) >= 11 is 1.75. The summed E-state index contributed by atoms with van der Waals surface area (Å²) in [5, 5.41) is 7.21. The number of hydrogen-bond donors (Lipinski definition) is 0. The summed E-state index contributed by atoms with van der Waals surface area (Å²) < 4.78 is 12.2. The Kier molecular flexibility index (Phi) is 7.67. The van der Waals surface area contributed by atoms with Gasteiger partial charge in [-0.25, -0.2) is 4.98 Å². The Bertz CT molecular complexity index is 1080. The van der Waals surface area contributed by atoms with Gasteiger partial charge in [0.25, 0.3) is 0 Å². The molecule has 5 nitrogen and oxygen atoms in total. The normalized spacial score (nSPS) is 15.8. The van der Waals surface area contributed by atoms with Crippen molar-refractivity contribution in [1.82, 2.24) is 9.88 Å². The molecule has 1 fully saturated rings. The maximum absolute atomic E-state index is 6.22. The van der Waals surface area contributed by atoms with Gasteiger partial charge in [-0.3, -0.25) is 0 Å². The van der Waals surface area contributed by atoms with E-state index >= 15 is 0 Å². The van der Waals surface area contributed by atoms with Crippen LogP contribution in [-0.4, -0.2) is 64.1 Å². The van der Waals surface area contributed by atoms with Crippen LogP contribution in [0.3, 0.4) is 0 Å². The van der Waals surface area contributed by atoms with E-state index in [4.69, 9.17) is 14.1 Å². The summed E-state index contributed by atoms with van der Waals surface area (Å²) in [6.07, 6.45) is 0.